The molecule has 4 rings (SSSR count). The molecule has 4 aromatic rings. The van der Waals surface area contributed by atoms with E-state index in [1.54, 1.807) is 18.2 Å². The molecular weight excluding hydrogens is 376 g/mol. The van der Waals surface area contributed by atoms with E-state index < -0.39 is 5.91 Å². The molecule has 0 aliphatic heterocycles. The Morgan fingerprint density at radius 2 is 1.73 bits per heavy atom. The van der Waals surface area contributed by atoms with E-state index >= 15 is 0 Å². The number of aromatic amines is 1. The van der Waals surface area contributed by atoms with Crippen molar-refractivity contribution in [1.82, 2.24) is 15.5 Å². The smallest absolute Gasteiger partial charge is 0.248 e. The molecule has 0 aliphatic carbocycles. The van der Waals surface area contributed by atoms with Crippen molar-refractivity contribution in [3.8, 4) is 11.3 Å². The first-order valence-electron chi connectivity index (χ1n) is 9.78. The molecule has 4 N–H and O–H groups in total. The Bertz CT molecular complexity index is 1200. The fraction of sp³-hybridized carbons (Fsp3) is 0.125. The summed E-state index contributed by atoms with van der Waals surface area (Å²) < 4.78 is 0. The molecule has 30 heavy (non-hydrogen) atoms. The van der Waals surface area contributed by atoms with Crippen LogP contribution in [0.25, 0.3) is 22.2 Å². The second kappa shape index (κ2) is 8.61. The van der Waals surface area contributed by atoms with Crippen LogP contribution in [0.4, 0.5) is 0 Å². The van der Waals surface area contributed by atoms with Gasteiger partial charge in [-0.05, 0) is 41.8 Å². The SMILES string of the molecule is NC(=O)c1ccc2[nH]nc(-c3cccc(CNC(=O)CCc4ccccc4)c3)c2c1. The number of H-pyrrole nitrogens is 1. The largest absolute Gasteiger partial charge is 0.366 e. The van der Waals surface area contributed by atoms with Crippen molar-refractivity contribution in [1.29, 1.82) is 0 Å². The van der Waals surface area contributed by atoms with E-state index in [4.69, 9.17) is 5.73 Å². The van der Waals surface area contributed by atoms with Gasteiger partial charge in [-0.1, -0.05) is 48.5 Å². The van der Waals surface area contributed by atoms with E-state index in [1.165, 1.54) is 0 Å². The molecule has 150 valence electrons. The number of benzene rings is 3. The lowest BCUT2D eigenvalue weighted by Crippen LogP contribution is -2.23. The highest BCUT2D eigenvalue weighted by molar-refractivity contribution is 6.00. The third-order valence-corrected chi connectivity index (χ3v) is 5.02. The molecule has 0 saturated heterocycles. The number of rotatable bonds is 7. The maximum Gasteiger partial charge on any atom is 0.248 e. The van der Waals surface area contributed by atoms with Crippen LogP contribution >= 0.6 is 0 Å². The Hall–Kier alpha value is -3.93. The summed E-state index contributed by atoms with van der Waals surface area (Å²) in [7, 11) is 0. The number of hydrogen-bond donors (Lipinski definition) is 3. The molecular formula is C24H22N4O2. The number of hydrogen-bond acceptors (Lipinski definition) is 3. The third kappa shape index (κ3) is 4.38. The molecule has 6 nitrogen and oxygen atoms in total. The standard InChI is InChI=1S/C24H22N4O2/c25-24(30)19-10-11-21-20(14-19)23(28-27-21)18-8-4-7-17(13-18)15-26-22(29)12-9-16-5-2-1-3-6-16/h1-8,10-11,13-14H,9,12,15H2,(H2,25,30)(H,26,29)(H,27,28). The molecule has 0 spiro atoms. The Morgan fingerprint density at radius 3 is 2.53 bits per heavy atom. The van der Waals surface area contributed by atoms with Gasteiger partial charge in [-0.3, -0.25) is 14.7 Å². The minimum absolute atomic E-state index is 0.0144. The summed E-state index contributed by atoms with van der Waals surface area (Å²) in [6.07, 6.45) is 1.16. The highest BCUT2D eigenvalue weighted by Crippen LogP contribution is 2.27. The fourth-order valence-electron chi connectivity index (χ4n) is 3.41. The van der Waals surface area contributed by atoms with Crippen LogP contribution in [0.1, 0.15) is 27.9 Å². The van der Waals surface area contributed by atoms with Gasteiger partial charge in [0.25, 0.3) is 0 Å². The van der Waals surface area contributed by atoms with Gasteiger partial charge >= 0.3 is 0 Å². The van der Waals surface area contributed by atoms with E-state index in [2.05, 4.69) is 15.5 Å². The predicted octanol–water partition coefficient (Wildman–Crippen LogP) is 3.58. The molecule has 0 saturated carbocycles. The normalized spacial score (nSPS) is 10.8. The number of fused-ring (bicyclic) bond motifs is 1. The average molecular weight is 398 g/mol. The number of amides is 2. The summed E-state index contributed by atoms with van der Waals surface area (Å²) in [5, 5.41) is 11.2. The monoisotopic (exact) mass is 398 g/mol. The highest BCUT2D eigenvalue weighted by Gasteiger charge is 2.11. The van der Waals surface area contributed by atoms with Gasteiger partial charge in [0.1, 0.15) is 0 Å². The first kappa shape index (κ1) is 19.4. The van der Waals surface area contributed by atoms with Crippen molar-refractivity contribution >= 4 is 22.7 Å². The van der Waals surface area contributed by atoms with Crippen LogP contribution in [0.15, 0.2) is 72.8 Å². The van der Waals surface area contributed by atoms with Crippen LogP contribution in [-0.4, -0.2) is 22.0 Å². The molecule has 0 bridgehead atoms. The number of primary amides is 1. The van der Waals surface area contributed by atoms with Crippen molar-refractivity contribution in [2.24, 2.45) is 5.73 Å². The molecule has 1 aromatic heterocycles. The number of nitrogens with zero attached hydrogens (tertiary/aromatic N) is 1. The van der Waals surface area contributed by atoms with Crippen molar-refractivity contribution < 1.29 is 9.59 Å². The molecule has 0 fully saturated rings. The Labute approximate surface area is 174 Å². The van der Waals surface area contributed by atoms with E-state index in [0.717, 1.165) is 33.3 Å². The minimum atomic E-state index is -0.476. The first-order chi connectivity index (χ1) is 14.6. The summed E-state index contributed by atoms with van der Waals surface area (Å²) in [4.78, 5) is 23.7. The molecule has 0 unspecified atom stereocenters. The predicted molar refractivity (Wildman–Crippen MR) is 117 cm³/mol. The summed E-state index contributed by atoms with van der Waals surface area (Å²) in [6, 6.07) is 23.0. The van der Waals surface area contributed by atoms with Gasteiger partial charge < -0.3 is 11.1 Å². The Morgan fingerprint density at radius 1 is 0.933 bits per heavy atom. The van der Waals surface area contributed by atoms with E-state index in [9.17, 15) is 9.59 Å². The van der Waals surface area contributed by atoms with Gasteiger partial charge in [-0.15, -0.1) is 0 Å². The number of carbonyl (C=O) groups is 2. The van der Waals surface area contributed by atoms with Gasteiger partial charge in [-0.25, -0.2) is 0 Å². The van der Waals surface area contributed by atoms with Crippen LogP contribution in [-0.2, 0) is 17.8 Å². The quantitative estimate of drug-likeness (QED) is 0.443. The van der Waals surface area contributed by atoms with Crippen LogP contribution in [0.5, 0.6) is 0 Å². The maximum absolute atomic E-state index is 12.2. The average Bonchev–Trinajstić information content (AvgIpc) is 3.20. The summed E-state index contributed by atoms with van der Waals surface area (Å²) >= 11 is 0. The number of nitrogens with two attached hydrogens (primary N) is 1. The molecule has 1 heterocycles. The lowest BCUT2D eigenvalue weighted by molar-refractivity contribution is -0.121. The zero-order valence-electron chi connectivity index (χ0n) is 16.4. The summed E-state index contributed by atoms with van der Waals surface area (Å²) in [5.41, 5.74) is 10.4. The van der Waals surface area contributed by atoms with Gasteiger partial charge in [-0.2, -0.15) is 5.10 Å². The minimum Gasteiger partial charge on any atom is -0.366 e. The number of aromatic nitrogens is 2. The number of nitrogens with one attached hydrogen (secondary N) is 2. The van der Waals surface area contributed by atoms with Gasteiger partial charge in [0.05, 0.1) is 11.2 Å². The second-order valence-electron chi connectivity index (χ2n) is 7.16. The summed E-state index contributed by atoms with van der Waals surface area (Å²) in [5.74, 6) is -0.461. The van der Waals surface area contributed by atoms with Crippen LogP contribution in [0.3, 0.4) is 0 Å². The van der Waals surface area contributed by atoms with E-state index in [0.29, 0.717) is 24.9 Å². The molecule has 3 aromatic carbocycles. The van der Waals surface area contributed by atoms with Gasteiger partial charge in [0.15, 0.2) is 0 Å². The van der Waals surface area contributed by atoms with Crippen molar-refractivity contribution in [3.05, 3.63) is 89.5 Å². The van der Waals surface area contributed by atoms with Gasteiger partial charge in [0.2, 0.25) is 11.8 Å². The molecule has 2 amide bonds. The lowest BCUT2D eigenvalue weighted by atomic mass is 10.0. The number of aryl methyl sites for hydroxylation is 1. The second-order valence-corrected chi connectivity index (χ2v) is 7.16. The fourth-order valence-corrected chi connectivity index (χ4v) is 3.41. The van der Waals surface area contributed by atoms with Gasteiger partial charge in [0, 0.05) is 29.5 Å². The molecule has 6 heteroatoms. The molecule has 0 radical (unpaired) electrons. The Balaban J connectivity index is 1.45. The van der Waals surface area contributed by atoms with Crippen LogP contribution in [0.2, 0.25) is 0 Å². The zero-order valence-corrected chi connectivity index (χ0v) is 16.4. The van der Waals surface area contributed by atoms with Crippen molar-refractivity contribution in [2.75, 3.05) is 0 Å². The topological polar surface area (TPSA) is 101 Å². The molecule has 0 atom stereocenters. The Kier molecular flexibility index (Phi) is 5.57. The zero-order chi connectivity index (χ0) is 20.9. The van der Waals surface area contributed by atoms with Crippen LogP contribution in [0, 0.1) is 0 Å². The summed E-state index contributed by atoms with van der Waals surface area (Å²) in [6.45, 7) is 0.441. The number of carbonyl (C=O) groups excluding carboxylic acids is 2. The van der Waals surface area contributed by atoms with Crippen molar-refractivity contribution in [2.45, 2.75) is 19.4 Å². The maximum atomic E-state index is 12.2. The third-order valence-electron chi connectivity index (χ3n) is 5.02. The first-order valence-corrected chi connectivity index (χ1v) is 9.78. The lowest BCUT2D eigenvalue weighted by Gasteiger charge is -2.07. The van der Waals surface area contributed by atoms with E-state index in [1.807, 2.05) is 54.6 Å². The van der Waals surface area contributed by atoms with Crippen molar-refractivity contribution in [3.63, 3.8) is 0 Å². The van der Waals surface area contributed by atoms with E-state index in [-0.39, 0.29) is 5.91 Å². The van der Waals surface area contributed by atoms with Crippen LogP contribution < -0.4 is 11.1 Å². The highest BCUT2D eigenvalue weighted by atomic mass is 16.1. The molecule has 0 aliphatic rings.